The fourth-order valence-corrected chi connectivity index (χ4v) is 7.61. The van der Waals surface area contributed by atoms with E-state index in [-0.39, 0.29) is 0 Å². The molecule has 0 N–H and O–H groups in total. The maximum absolute atomic E-state index is 15.2. The number of carbonyl (C=O) groups excluding carboxylic acids is 15. The van der Waals surface area contributed by atoms with Crippen LogP contribution in [0.4, 0.5) is 0 Å². The highest BCUT2D eigenvalue weighted by Gasteiger charge is 2.50. The van der Waals surface area contributed by atoms with E-state index in [1.165, 1.54) is 69.2 Å². The fourth-order valence-electron chi connectivity index (χ4n) is 7.61. The number of esters is 12. The molecule has 0 heterocycles. The van der Waals surface area contributed by atoms with Crippen molar-refractivity contribution in [3.8, 4) is 0 Å². The lowest BCUT2D eigenvalue weighted by Crippen LogP contribution is -2.47. The number of hydrogen-bond acceptors (Lipinski definition) is 27. The van der Waals surface area contributed by atoms with Gasteiger partial charge in [-0.05, 0) is 234 Å². The van der Waals surface area contributed by atoms with Crippen LogP contribution in [0.3, 0.4) is 0 Å². The molecule has 0 amide bonds. The van der Waals surface area contributed by atoms with Crippen molar-refractivity contribution in [1.82, 2.24) is 0 Å². The Morgan fingerprint density at radius 3 is 0.495 bits per heavy atom. The van der Waals surface area contributed by atoms with Crippen LogP contribution < -0.4 is 0 Å². The predicted molar refractivity (Wildman–Crippen MR) is 383 cm³/mol. The predicted octanol–water partition coefficient (Wildman–Crippen LogP) is 11.2. The number of ether oxygens (including phenoxy) is 12. The number of rotatable bonds is 37. The third kappa shape index (κ3) is 31.2. The summed E-state index contributed by atoms with van der Waals surface area (Å²) < 4.78 is 194. The second-order valence-electron chi connectivity index (χ2n) is 32.7. The van der Waals surface area contributed by atoms with Crippen molar-refractivity contribution in [2.45, 2.75) is 247 Å². The van der Waals surface area contributed by atoms with Crippen LogP contribution in [-0.4, -0.2) is 168 Å². The third-order valence-corrected chi connectivity index (χ3v) is 16.2. The van der Waals surface area contributed by atoms with Gasteiger partial charge in [-0.2, -0.15) is 0 Å². The van der Waals surface area contributed by atoms with Crippen molar-refractivity contribution in [2.75, 3.05) is 79.3 Å². The van der Waals surface area contributed by atoms with Gasteiger partial charge in [0.2, 0.25) is 0 Å². The zero-order chi connectivity index (χ0) is 94.3. The minimum Gasteiger partial charge on any atom is -0.464 e. The molecule has 0 aliphatic heterocycles. The molecule has 0 rings (SSSR count). The summed E-state index contributed by atoms with van der Waals surface area (Å²) in [5, 5.41) is 0. The zero-order valence-corrected chi connectivity index (χ0v) is 64.7. The first-order valence-corrected chi connectivity index (χ1v) is 33.0. The van der Waals surface area contributed by atoms with Crippen molar-refractivity contribution in [2.24, 2.45) is 81.2 Å². The Bertz CT molecular complexity index is 2990. The van der Waals surface area contributed by atoms with E-state index in [1.807, 2.05) is 0 Å². The molecule has 0 saturated heterocycles. The highest BCUT2D eigenvalue weighted by molar-refractivity contribution is 5.90. The molecule has 2 unspecified atom stereocenters. The molecule has 0 radical (unpaired) electrons. The van der Waals surface area contributed by atoms with Crippen LogP contribution in [0.2, 0.25) is 0 Å². The SMILES string of the molecule is [3H]CC(C)(C[3H])C(=O)OCC(C)(COC(=O)C(C)(C[3H])C[3H])C(=O)CCC(C)(COC(=O)C(C)(COC(=O)C(C)(C[3H])C[3H])COC(=O)C(C)(C[3H])C[3H])C(=O)OCC(C)(COC(=O)C(C)(CCC(=O)C(C)(COC(=O)C(C)(C[3H])C[3H])COC(=O)C(C)(C[3H])C[3H])COC(=O)C(C)(COC(=O)C(C)(C[3H])C[3H])COC(=O)C(C)(C[3H])C[3H])C(C)=O. The van der Waals surface area contributed by atoms with Crippen molar-refractivity contribution in [3.05, 3.63) is 0 Å². The van der Waals surface area contributed by atoms with E-state index in [1.54, 1.807) is 0 Å². The highest BCUT2D eigenvalue weighted by Crippen LogP contribution is 2.38. The van der Waals surface area contributed by atoms with Gasteiger partial charge in [0.15, 0.2) is 0 Å². The Kier molecular flexibility index (Phi) is 25.0. The summed E-state index contributed by atoms with van der Waals surface area (Å²) in [5.74, 6) is -17.7. The minimum atomic E-state index is -2.36. The lowest BCUT2D eigenvalue weighted by atomic mass is 9.79. The van der Waals surface area contributed by atoms with Gasteiger partial charge in [-0.1, -0.05) is 0 Å². The molecule has 105 heavy (non-hydrogen) atoms. The number of Topliss-reactive ketones (excluding diaryl/α,β-unsaturated/α-hetero) is 3. The van der Waals surface area contributed by atoms with Crippen LogP contribution >= 0.6 is 0 Å². The van der Waals surface area contributed by atoms with Crippen molar-refractivity contribution >= 4 is 89.0 Å². The van der Waals surface area contributed by atoms with Gasteiger partial charge in [0, 0.05) is 34.8 Å². The molecule has 602 valence electrons. The molecule has 27 nitrogen and oxygen atoms in total. The Morgan fingerprint density at radius 2 is 0.333 bits per heavy atom. The van der Waals surface area contributed by atoms with Gasteiger partial charge in [0.25, 0.3) is 0 Å². The van der Waals surface area contributed by atoms with Gasteiger partial charge in [-0.3, -0.25) is 71.9 Å². The van der Waals surface area contributed by atoms with Crippen LogP contribution in [-0.2, 0) is 129 Å². The van der Waals surface area contributed by atoms with Crippen LogP contribution in [0.1, 0.15) is 269 Å². The number of carbonyl (C=O) groups is 15. The van der Waals surface area contributed by atoms with Crippen LogP contribution in [0, 0.1) is 81.2 Å². The van der Waals surface area contributed by atoms with E-state index in [4.69, 9.17) is 78.8 Å². The van der Waals surface area contributed by atoms with Gasteiger partial charge >= 0.3 is 71.6 Å². The normalized spacial score (nSPS) is 16.7. The first kappa shape index (κ1) is 71.9. The molecule has 2 atom stereocenters. The molecule has 0 saturated carbocycles. The first-order chi connectivity index (χ1) is 55.7. The largest absolute Gasteiger partial charge is 0.464 e. The molecule has 0 aromatic heterocycles. The summed E-state index contributed by atoms with van der Waals surface area (Å²) in [4.78, 5) is 212. The van der Waals surface area contributed by atoms with E-state index in [2.05, 4.69) is 0 Å². The monoisotopic (exact) mass is 1530 g/mol. The van der Waals surface area contributed by atoms with Gasteiger partial charge < -0.3 is 56.8 Å². The second kappa shape index (κ2) is 36.5. The molecular formula is C78H128O27. The molecule has 0 aliphatic rings. The molecule has 0 aromatic carbocycles. The van der Waals surface area contributed by atoms with Crippen molar-refractivity contribution < 1.29 is 151 Å². The number of hydrogen-bond donors (Lipinski definition) is 0. The van der Waals surface area contributed by atoms with E-state index in [0.29, 0.717) is 0 Å². The average Bonchev–Trinajstić information content (AvgIpc) is 0.809. The lowest BCUT2D eigenvalue weighted by Gasteiger charge is -2.35. The fraction of sp³-hybridized carbons (Fsp3) is 0.808. The molecule has 0 fully saturated rings. The van der Waals surface area contributed by atoms with E-state index in [0.717, 1.165) is 41.5 Å². The van der Waals surface area contributed by atoms with Crippen LogP contribution in [0.25, 0.3) is 0 Å². The second-order valence-corrected chi connectivity index (χ2v) is 32.7. The molecular weight excluding hydrogens is 1370 g/mol. The Balaban J connectivity index is 8.79. The van der Waals surface area contributed by atoms with Gasteiger partial charge in [-0.15, -0.1) is 0 Å². The van der Waals surface area contributed by atoms with Gasteiger partial charge in [-0.25, -0.2) is 0 Å². The standard InChI is InChI=1S/C78H128O27/c1-49(79)74(28,39-104-60(90)72(26,35-33-50(80)75(29,41-94-52(82)64(2,3)4)42-95-53(83)65(5,6)7)37-102-62(92)77(31,45-98-56(86)68(14,15)16)46-99-57(87)69(17,18)19)40-105-61(91)73(27,36-34-51(81)76(30,43-96-54(84)66(8,9)10)44-97-55(85)67(11,12)13)38-103-63(93)78(32,47-100-58(88)70(20,21)22)48-101-59(89)71(23,24)25/h33-48H2,1-32H3/i2T,3T,5T,6T,8T,9T,11T,12T,14T,15T,17T,18T,20T,21T,23T,24T. The smallest absolute Gasteiger partial charge is 0.318 e. The minimum absolute atomic E-state index is 0.656. The zero-order valence-electron chi connectivity index (χ0n) is 80.7. The number of ketones is 3. The summed E-state index contributed by atoms with van der Waals surface area (Å²) in [7, 11) is 0. The third-order valence-electron chi connectivity index (χ3n) is 16.2. The summed E-state index contributed by atoms with van der Waals surface area (Å²) in [5.41, 5.74) is -29.7. The molecule has 0 aromatic rings. The quantitative estimate of drug-likeness (QED) is 0.0412. The van der Waals surface area contributed by atoms with Crippen LogP contribution in [0.5, 0.6) is 0 Å². The van der Waals surface area contributed by atoms with E-state index >= 15 is 9.59 Å². The highest BCUT2D eigenvalue weighted by atomic mass is 16.6. The summed E-state index contributed by atoms with van der Waals surface area (Å²) in [6.45, 7) is -4.29. The van der Waals surface area contributed by atoms with Crippen LogP contribution in [0.15, 0.2) is 0 Å². The molecule has 27 heteroatoms. The summed E-state index contributed by atoms with van der Waals surface area (Å²) in [6, 6.07) is 0. The lowest BCUT2D eigenvalue weighted by molar-refractivity contribution is -0.181. The molecule has 0 aliphatic carbocycles. The summed E-state index contributed by atoms with van der Waals surface area (Å²) in [6.07, 6.45) is -3.26. The van der Waals surface area contributed by atoms with E-state index < -0.39 is 386 Å². The van der Waals surface area contributed by atoms with E-state index in [9.17, 15) is 62.3 Å². The average molecular weight is 1530 g/mol. The first-order valence-electron chi connectivity index (χ1n) is 44.4. The topological polar surface area (TPSA) is 367 Å². The Morgan fingerprint density at radius 1 is 0.200 bits per heavy atom. The Labute approximate surface area is 645 Å². The van der Waals surface area contributed by atoms with Gasteiger partial charge in [0.1, 0.15) is 107 Å². The van der Waals surface area contributed by atoms with Gasteiger partial charge in [0.05, 0.1) is 70.4 Å². The van der Waals surface area contributed by atoms with Crippen molar-refractivity contribution in [3.63, 3.8) is 0 Å². The van der Waals surface area contributed by atoms with Crippen molar-refractivity contribution in [1.29, 1.82) is 0 Å². The molecule has 0 spiro atoms. The maximum Gasteiger partial charge on any atom is 0.318 e. The maximum atomic E-state index is 15.2. The Hall–Kier alpha value is -7.35. The molecule has 0 bridgehead atoms. The summed E-state index contributed by atoms with van der Waals surface area (Å²) >= 11 is 0.